The SMILES string of the molecule is COC(C)CNc1ccc(C(=O)O)cc1Cl. The fraction of sp³-hybridized carbons (Fsp3) is 0.364. The average molecular weight is 244 g/mol. The monoisotopic (exact) mass is 243 g/mol. The highest BCUT2D eigenvalue weighted by Gasteiger charge is 2.07. The summed E-state index contributed by atoms with van der Waals surface area (Å²) in [5, 5.41) is 12.2. The Hall–Kier alpha value is -1.26. The van der Waals surface area contributed by atoms with Crippen molar-refractivity contribution in [3.05, 3.63) is 28.8 Å². The Morgan fingerprint density at radius 1 is 1.62 bits per heavy atom. The van der Waals surface area contributed by atoms with Crippen molar-refractivity contribution in [2.75, 3.05) is 19.0 Å². The Bertz CT molecular complexity index is 381. The minimum absolute atomic E-state index is 0.0650. The largest absolute Gasteiger partial charge is 0.478 e. The molecule has 0 heterocycles. The number of hydrogen-bond donors (Lipinski definition) is 2. The topological polar surface area (TPSA) is 58.6 Å². The van der Waals surface area contributed by atoms with Crippen LogP contribution in [0, 0.1) is 0 Å². The number of halogens is 1. The second-order valence-corrected chi connectivity index (χ2v) is 3.83. The van der Waals surface area contributed by atoms with Gasteiger partial charge in [0.25, 0.3) is 0 Å². The van der Waals surface area contributed by atoms with Crippen LogP contribution in [0.4, 0.5) is 5.69 Å². The summed E-state index contributed by atoms with van der Waals surface area (Å²) in [6, 6.07) is 4.58. The number of carboxylic acids is 1. The maximum Gasteiger partial charge on any atom is 0.335 e. The summed E-state index contributed by atoms with van der Waals surface area (Å²) in [6.45, 7) is 2.54. The zero-order chi connectivity index (χ0) is 12.1. The lowest BCUT2D eigenvalue weighted by atomic mass is 10.2. The van der Waals surface area contributed by atoms with E-state index in [1.165, 1.54) is 12.1 Å². The summed E-state index contributed by atoms with van der Waals surface area (Å²) >= 11 is 5.93. The molecule has 0 spiro atoms. The lowest BCUT2D eigenvalue weighted by molar-refractivity contribution is 0.0697. The quantitative estimate of drug-likeness (QED) is 0.834. The molecule has 1 unspecified atom stereocenters. The first-order valence-electron chi connectivity index (χ1n) is 4.84. The van der Waals surface area contributed by atoms with Crippen molar-refractivity contribution in [3.8, 4) is 0 Å². The van der Waals surface area contributed by atoms with Gasteiger partial charge in [-0.25, -0.2) is 4.79 Å². The summed E-state index contributed by atoms with van der Waals surface area (Å²) in [5.74, 6) is -0.987. The van der Waals surface area contributed by atoms with E-state index in [0.717, 1.165) is 0 Å². The number of methoxy groups -OCH3 is 1. The van der Waals surface area contributed by atoms with E-state index in [1.54, 1.807) is 13.2 Å². The van der Waals surface area contributed by atoms with E-state index in [-0.39, 0.29) is 11.7 Å². The molecule has 0 aromatic heterocycles. The highest BCUT2D eigenvalue weighted by atomic mass is 35.5. The van der Waals surface area contributed by atoms with E-state index in [0.29, 0.717) is 17.3 Å². The number of anilines is 1. The summed E-state index contributed by atoms with van der Waals surface area (Å²) in [4.78, 5) is 10.7. The van der Waals surface area contributed by atoms with Crippen molar-refractivity contribution in [2.24, 2.45) is 0 Å². The second kappa shape index (κ2) is 5.72. The molecule has 0 bridgehead atoms. The third kappa shape index (κ3) is 3.40. The summed E-state index contributed by atoms with van der Waals surface area (Å²) in [5.41, 5.74) is 0.880. The Morgan fingerprint density at radius 3 is 2.81 bits per heavy atom. The summed E-state index contributed by atoms with van der Waals surface area (Å²) in [6.07, 6.45) is 0.0650. The number of benzene rings is 1. The molecule has 4 nitrogen and oxygen atoms in total. The first-order valence-corrected chi connectivity index (χ1v) is 5.22. The lowest BCUT2D eigenvalue weighted by Crippen LogP contribution is -2.18. The van der Waals surface area contributed by atoms with Gasteiger partial charge < -0.3 is 15.2 Å². The molecule has 1 rings (SSSR count). The molecule has 5 heteroatoms. The smallest absolute Gasteiger partial charge is 0.335 e. The molecule has 16 heavy (non-hydrogen) atoms. The molecule has 0 aliphatic heterocycles. The summed E-state index contributed by atoms with van der Waals surface area (Å²) < 4.78 is 5.07. The molecule has 1 aromatic carbocycles. The van der Waals surface area contributed by atoms with Gasteiger partial charge in [-0.1, -0.05) is 11.6 Å². The van der Waals surface area contributed by atoms with Crippen LogP contribution in [0.5, 0.6) is 0 Å². The summed E-state index contributed by atoms with van der Waals surface area (Å²) in [7, 11) is 1.63. The maximum atomic E-state index is 10.7. The molecule has 0 saturated carbocycles. The number of rotatable bonds is 5. The van der Waals surface area contributed by atoms with Gasteiger partial charge in [0.05, 0.1) is 22.4 Å². The second-order valence-electron chi connectivity index (χ2n) is 3.43. The molecule has 1 aromatic rings. The van der Waals surface area contributed by atoms with Crippen molar-refractivity contribution < 1.29 is 14.6 Å². The molecule has 0 amide bonds. The average Bonchev–Trinajstić information content (AvgIpc) is 2.26. The zero-order valence-electron chi connectivity index (χ0n) is 9.16. The minimum atomic E-state index is -0.987. The predicted octanol–water partition coefficient (Wildman–Crippen LogP) is 2.49. The minimum Gasteiger partial charge on any atom is -0.478 e. The van der Waals surface area contributed by atoms with Crippen LogP contribution in [0.2, 0.25) is 5.02 Å². The molecule has 0 radical (unpaired) electrons. The van der Waals surface area contributed by atoms with Gasteiger partial charge in [0, 0.05) is 13.7 Å². The first kappa shape index (κ1) is 12.8. The van der Waals surface area contributed by atoms with E-state index < -0.39 is 5.97 Å². The number of carbonyl (C=O) groups is 1. The molecular weight excluding hydrogens is 230 g/mol. The fourth-order valence-corrected chi connectivity index (χ4v) is 1.38. The molecule has 0 aliphatic rings. The predicted molar refractivity (Wildman–Crippen MR) is 63.4 cm³/mol. The van der Waals surface area contributed by atoms with Gasteiger partial charge in [0.15, 0.2) is 0 Å². The van der Waals surface area contributed by atoms with Crippen LogP contribution in [0.3, 0.4) is 0 Å². The number of aromatic carboxylic acids is 1. The van der Waals surface area contributed by atoms with Gasteiger partial charge in [-0.05, 0) is 25.1 Å². The van der Waals surface area contributed by atoms with Crippen LogP contribution in [0.1, 0.15) is 17.3 Å². The van der Waals surface area contributed by atoms with Gasteiger partial charge in [-0.2, -0.15) is 0 Å². The number of carboxylic acid groups (broad SMARTS) is 1. The van der Waals surface area contributed by atoms with E-state index in [1.807, 2.05) is 6.92 Å². The maximum absolute atomic E-state index is 10.7. The molecule has 0 fully saturated rings. The number of ether oxygens (including phenoxy) is 1. The highest BCUT2D eigenvalue weighted by molar-refractivity contribution is 6.33. The third-order valence-corrected chi connectivity index (χ3v) is 2.51. The molecule has 0 aliphatic carbocycles. The van der Waals surface area contributed by atoms with E-state index in [4.69, 9.17) is 21.4 Å². The lowest BCUT2D eigenvalue weighted by Gasteiger charge is -2.13. The third-order valence-electron chi connectivity index (χ3n) is 2.20. The van der Waals surface area contributed by atoms with Crippen LogP contribution < -0.4 is 5.32 Å². The Kier molecular flexibility index (Phi) is 4.58. The first-order chi connectivity index (χ1) is 7.54. The van der Waals surface area contributed by atoms with E-state index in [2.05, 4.69) is 5.32 Å². The van der Waals surface area contributed by atoms with Gasteiger partial charge in [0.1, 0.15) is 0 Å². The number of hydrogen-bond acceptors (Lipinski definition) is 3. The highest BCUT2D eigenvalue weighted by Crippen LogP contribution is 2.23. The molecular formula is C11H14ClNO3. The van der Waals surface area contributed by atoms with Gasteiger partial charge >= 0.3 is 5.97 Å². The van der Waals surface area contributed by atoms with Crippen molar-refractivity contribution in [3.63, 3.8) is 0 Å². The number of nitrogens with one attached hydrogen (secondary N) is 1. The Morgan fingerprint density at radius 2 is 2.31 bits per heavy atom. The normalized spacial score (nSPS) is 12.2. The Labute approximate surface area is 99.2 Å². The van der Waals surface area contributed by atoms with Crippen LogP contribution in [-0.4, -0.2) is 30.8 Å². The molecule has 2 N–H and O–H groups in total. The van der Waals surface area contributed by atoms with Crippen molar-refractivity contribution in [1.82, 2.24) is 0 Å². The van der Waals surface area contributed by atoms with Crippen molar-refractivity contribution >= 4 is 23.3 Å². The Balaban J connectivity index is 2.72. The van der Waals surface area contributed by atoms with Crippen molar-refractivity contribution in [1.29, 1.82) is 0 Å². The van der Waals surface area contributed by atoms with Crippen LogP contribution in [-0.2, 0) is 4.74 Å². The molecule has 1 atom stereocenters. The molecule has 88 valence electrons. The van der Waals surface area contributed by atoms with Crippen LogP contribution in [0.15, 0.2) is 18.2 Å². The zero-order valence-corrected chi connectivity index (χ0v) is 9.91. The van der Waals surface area contributed by atoms with Crippen molar-refractivity contribution in [2.45, 2.75) is 13.0 Å². The van der Waals surface area contributed by atoms with Crippen LogP contribution >= 0.6 is 11.6 Å². The molecule has 0 saturated heterocycles. The van der Waals surface area contributed by atoms with Crippen LogP contribution in [0.25, 0.3) is 0 Å². The standard InChI is InChI=1S/C11H14ClNO3/c1-7(16-2)6-13-10-4-3-8(11(14)15)5-9(10)12/h3-5,7,13H,6H2,1-2H3,(H,14,15). The van der Waals surface area contributed by atoms with Gasteiger partial charge in [-0.15, -0.1) is 0 Å². The van der Waals surface area contributed by atoms with Gasteiger partial charge in [-0.3, -0.25) is 0 Å². The van der Waals surface area contributed by atoms with Gasteiger partial charge in [0.2, 0.25) is 0 Å². The fourth-order valence-electron chi connectivity index (χ4n) is 1.13. The van der Waals surface area contributed by atoms with E-state index >= 15 is 0 Å². The van der Waals surface area contributed by atoms with E-state index in [9.17, 15) is 4.79 Å².